The van der Waals surface area contributed by atoms with Gasteiger partial charge in [0, 0.05) is 10.0 Å². The topological polar surface area (TPSA) is 38.0 Å². The fourth-order valence-electron chi connectivity index (χ4n) is 2.14. The number of nitrogens with one attached hydrogen (secondary N) is 1. The Morgan fingerprint density at radius 3 is 2.55 bits per heavy atom. The molecule has 2 aromatic carbocycles. The third kappa shape index (κ3) is 3.62. The van der Waals surface area contributed by atoms with Crippen LogP contribution in [0.4, 0.5) is 8.78 Å². The minimum atomic E-state index is -0.413. The van der Waals surface area contributed by atoms with Crippen LogP contribution in [0.5, 0.6) is 0 Å². The van der Waals surface area contributed by atoms with Gasteiger partial charge in [0.05, 0.1) is 6.04 Å². The van der Waals surface area contributed by atoms with Crippen molar-refractivity contribution in [1.29, 1.82) is 0 Å². The molecule has 0 heterocycles. The van der Waals surface area contributed by atoms with Gasteiger partial charge in [-0.1, -0.05) is 28.1 Å². The smallest absolute Gasteiger partial charge is 0.128 e. The highest BCUT2D eigenvalue weighted by atomic mass is 79.9. The maximum Gasteiger partial charge on any atom is 0.128 e. The molecule has 0 saturated heterocycles. The molecule has 20 heavy (non-hydrogen) atoms. The predicted molar refractivity (Wildman–Crippen MR) is 79.0 cm³/mol. The number of nitrogens with two attached hydrogens (primary N) is 1. The fraction of sp³-hybridized carbons (Fsp3) is 0.200. The molecule has 3 N–H and O–H groups in total. The normalized spacial score (nSPS) is 12.4. The average Bonchev–Trinajstić information content (AvgIpc) is 2.35. The number of hydrazine groups is 1. The van der Waals surface area contributed by atoms with Crippen molar-refractivity contribution in [2.75, 3.05) is 0 Å². The summed E-state index contributed by atoms with van der Waals surface area (Å²) in [7, 11) is 0. The van der Waals surface area contributed by atoms with Crippen molar-refractivity contribution < 1.29 is 8.78 Å². The molecule has 1 unspecified atom stereocenters. The molecule has 0 bridgehead atoms. The number of hydrogen-bond donors (Lipinski definition) is 2. The van der Waals surface area contributed by atoms with Gasteiger partial charge in [-0.3, -0.25) is 11.3 Å². The van der Waals surface area contributed by atoms with Crippen LogP contribution in [-0.2, 0) is 6.42 Å². The molecule has 1 atom stereocenters. The van der Waals surface area contributed by atoms with E-state index in [4.69, 9.17) is 5.84 Å². The zero-order chi connectivity index (χ0) is 14.7. The summed E-state index contributed by atoms with van der Waals surface area (Å²) in [4.78, 5) is 0. The van der Waals surface area contributed by atoms with E-state index < -0.39 is 6.04 Å². The van der Waals surface area contributed by atoms with Crippen molar-refractivity contribution in [3.8, 4) is 0 Å². The molecule has 0 aromatic heterocycles. The van der Waals surface area contributed by atoms with Crippen molar-refractivity contribution in [3.05, 3.63) is 69.2 Å². The molecular weight excluding hydrogens is 326 g/mol. The number of hydrogen-bond acceptors (Lipinski definition) is 2. The molecule has 2 aromatic rings. The van der Waals surface area contributed by atoms with Gasteiger partial charge in [0.25, 0.3) is 0 Å². The Bertz CT molecular complexity index is 597. The van der Waals surface area contributed by atoms with E-state index in [1.165, 1.54) is 18.2 Å². The lowest BCUT2D eigenvalue weighted by Crippen LogP contribution is -2.30. The predicted octanol–water partition coefficient (Wildman–Crippen LogP) is 3.78. The van der Waals surface area contributed by atoms with Gasteiger partial charge in [0.1, 0.15) is 11.6 Å². The van der Waals surface area contributed by atoms with Gasteiger partial charge >= 0.3 is 0 Å². The summed E-state index contributed by atoms with van der Waals surface area (Å²) in [5.41, 5.74) is 4.64. The van der Waals surface area contributed by atoms with Gasteiger partial charge < -0.3 is 0 Å². The first-order valence-electron chi connectivity index (χ1n) is 6.16. The monoisotopic (exact) mass is 340 g/mol. The molecule has 0 saturated carbocycles. The highest BCUT2D eigenvalue weighted by Gasteiger charge is 2.15. The number of benzene rings is 2. The van der Waals surface area contributed by atoms with E-state index >= 15 is 0 Å². The third-order valence-corrected chi connectivity index (χ3v) is 3.55. The van der Waals surface area contributed by atoms with E-state index in [0.29, 0.717) is 16.5 Å². The maximum atomic E-state index is 14.0. The van der Waals surface area contributed by atoms with Crippen LogP contribution in [-0.4, -0.2) is 0 Å². The van der Waals surface area contributed by atoms with Crippen molar-refractivity contribution in [1.82, 2.24) is 5.43 Å². The maximum absolute atomic E-state index is 14.0. The first kappa shape index (κ1) is 15.1. The first-order valence-corrected chi connectivity index (χ1v) is 6.96. The summed E-state index contributed by atoms with van der Waals surface area (Å²) >= 11 is 3.24. The Labute approximate surface area is 125 Å². The van der Waals surface area contributed by atoms with E-state index in [1.54, 1.807) is 12.1 Å². The second-order valence-corrected chi connectivity index (χ2v) is 5.64. The molecule has 2 nitrogen and oxygen atoms in total. The Kier molecular flexibility index (Phi) is 4.86. The second-order valence-electron chi connectivity index (χ2n) is 4.73. The average molecular weight is 341 g/mol. The molecule has 5 heteroatoms. The van der Waals surface area contributed by atoms with Crippen LogP contribution >= 0.6 is 15.9 Å². The van der Waals surface area contributed by atoms with Crippen molar-refractivity contribution in [2.24, 2.45) is 5.84 Å². The number of aryl methyl sites for hydroxylation is 1. The van der Waals surface area contributed by atoms with Crippen molar-refractivity contribution in [2.45, 2.75) is 19.4 Å². The Morgan fingerprint density at radius 1 is 1.20 bits per heavy atom. The zero-order valence-corrected chi connectivity index (χ0v) is 12.5. The Hall–Kier alpha value is -1.30. The van der Waals surface area contributed by atoms with Crippen LogP contribution in [0.15, 0.2) is 40.9 Å². The van der Waals surface area contributed by atoms with Gasteiger partial charge in [-0.2, -0.15) is 0 Å². The van der Waals surface area contributed by atoms with Crippen LogP contribution in [0.25, 0.3) is 0 Å². The third-order valence-electron chi connectivity index (χ3n) is 3.09. The lowest BCUT2D eigenvalue weighted by Gasteiger charge is -2.18. The Morgan fingerprint density at radius 2 is 1.95 bits per heavy atom. The summed E-state index contributed by atoms with van der Waals surface area (Å²) < 4.78 is 28.0. The van der Waals surface area contributed by atoms with Gasteiger partial charge in [-0.25, -0.2) is 8.78 Å². The van der Waals surface area contributed by atoms with Crippen molar-refractivity contribution in [3.63, 3.8) is 0 Å². The van der Waals surface area contributed by atoms with Crippen LogP contribution in [0.2, 0.25) is 0 Å². The molecule has 0 amide bonds. The molecule has 2 rings (SSSR count). The van der Waals surface area contributed by atoms with E-state index in [-0.39, 0.29) is 11.6 Å². The van der Waals surface area contributed by atoms with Crippen LogP contribution < -0.4 is 11.3 Å². The van der Waals surface area contributed by atoms with Crippen molar-refractivity contribution >= 4 is 15.9 Å². The van der Waals surface area contributed by atoms with E-state index in [2.05, 4.69) is 21.4 Å². The zero-order valence-electron chi connectivity index (χ0n) is 11.0. The lowest BCUT2D eigenvalue weighted by molar-refractivity contribution is 0.508. The lowest BCUT2D eigenvalue weighted by atomic mass is 9.98. The summed E-state index contributed by atoms with van der Waals surface area (Å²) in [6, 6.07) is 9.15. The molecule has 0 aliphatic rings. The quantitative estimate of drug-likeness (QED) is 0.656. The first-order chi connectivity index (χ1) is 9.49. The molecule has 0 spiro atoms. The van der Waals surface area contributed by atoms with Crippen LogP contribution in [0, 0.1) is 18.6 Å². The molecule has 0 aliphatic heterocycles. The number of rotatable bonds is 4. The van der Waals surface area contributed by atoms with E-state index in [0.717, 1.165) is 11.1 Å². The van der Waals surface area contributed by atoms with E-state index in [9.17, 15) is 8.78 Å². The SMILES string of the molecule is Cc1ccc(C(Cc2cc(F)cc(Br)c2)NN)c(F)c1. The molecule has 0 fully saturated rings. The minimum Gasteiger partial charge on any atom is -0.271 e. The Balaban J connectivity index is 2.28. The van der Waals surface area contributed by atoms with Crippen LogP contribution in [0.1, 0.15) is 22.7 Å². The summed E-state index contributed by atoms with van der Waals surface area (Å²) in [5, 5.41) is 0. The van der Waals surface area contributed by atoms with Gasteiger partial charge in [-0.05, 0) is 48.7 Å². The summed E-state index contributed by atoms with van der Waals surface area (Å²) in [6.07, 6.45) is 0.396. The standard InChI is InChI=1S/C15H15BrF2N2/c1-9-2-3-13(14(18)4-9)15(20-19)7-10-5-11(16)8-12(17)6-10/h2-6,8,15,20H,7,19H2,1H3. The fourth-order valence-corrected chi connectivity index (χ4v) is 2.65. The largest absolute Gasteiger partial charge is 0.271 e. The van der Waals surface area contributed by atoms with Gasteiger partial charge in [0.2, 0.25) is 0 Å². The summed E-state index contributed by atoms with van der Waals surface area (Å²) in [6.45, 7) is 1.82. The van der Waals surface area contributed by atoms with Gasteiger partial charge in [-0.15, -0.1) is 0 Å². The summed E-state index contributed by atoms with van der Waals surface area (Å²) in [5.74, 6) is 4.86. The highest BCUT2D eigenvalue weighted by Crippen LogP contribution is 2.24. The van der Waals surface area contributed by atoms with E-state index in [1.807, 2.05) is 13.0 Å². The molecular formula is C15H15BrF2N2. The molecule has 106 valence electrons. The van der Waals surface area contributed by atoms with Crippen LogP contribution in [0.3, 0.4) is 0 Å². The second kappa shape index (κ2) is 6.43. The highest BCUT2D eigenvalue weighted by molar-refractivity contribution is 9.10. The molecule has 0 radical (unpaired) electrons. The van der Waals surface area contributed by atoms with Gasteiger partial charge in [0.15, 0.2) is 0 Å². The number of halogens is 3. The minimum absolute atomic E-state index is 0.316. The molecule has 0 aliphatic carbocycles.